The highest BCUT2D eigenvalue weighted by atomic mass is 16.7. The molecule has 3 rings (SSSR count). The molecule has 1 aromatic carbocycles. The summed E-state index contributed by atoms with van der Waals surface area (Å²) in [6.07, 6.45) is -4.84. The molecule has 152 valence electrons. The monoisotopic (exact) mass is 394 g/mol. The van der Waals surface area contributed by atoms with E-state index < -0.39 is 48.7 Å². The number of rotatable bonds is 6. The number of hydrogen-bond donors (Lipinski definition) is 3. The third-order valence-electron chi connectivity index (χ3n) is 4.42. The Kier molecular flexibility index (Phi) is 6.76. The summed E-state index contributed by atoms with van der Waals surface area (Å²) in [5.74, 6) is -1.10. The van der Waals surface area contributed by atoms with E-state index in [1.54, 1.807) is 6.08 Å². The standard InChI is InChI=1S/C19H22O9/c20-14(7-6-11-4-2-1-3-5-11)26-10-13-16(22)17(23)18(24)19(28-13)27-12-8-15(21)25-9-12/h1-7,12-13,16-19,22-24H,8-10H2/t12-,13-,16-,17+,18-,19-/m1/s1. The van der Waals surface area contributed by atoms with Crippen molar-refractivity contribution in [2.45, 2.75) is 43.2 Å². The highest BCUT2D eigenvalue weighted by molar-refractivity contribution is 5.87. The predicted octanol–water partition coefficient (Wildman–Crippen LogP) is -0.617. The Labute approximate surface area is 161 Å². The molecule has 0 spiro atoms. The Hall–Kier alpha value is -2.30. The van der Waals surface area contributed by atoms with E-state index in [0.717, 1.165) is 5.56 Å². The molecular weight excluding hydrogens is 372 g/mol. The lowest BCUT2D eigenvalue weighted by Crippen LogP contribution is -2.60. The van der Waals surface area contributed by atoms with E-state index in [1.807, 2.05) is 30.3 Å². The van der Waals surface area contributed by atoms with Crippen molar-refractivity contribution in [1.82, 2.24) is 0 Å². The van der Waals surface area contributed by atoms with Crippen LogP contribution in [0.15, 0.2) is 36.4 Å². The highest BCUT2D eigenvalue weighted by Gasteiger charge is 2.46. The lowest BCUT2D eigenvalue weighted by molar-refractivity contribution is -0.311. The molecule has 2 aliphatic rings. The first kappa shape index (κ1) is 20.4. The van der Waals surface area contributed by atoms with Gasteiger partial charge in [-0.25, -0.2) is 4.79 Å². The number of ether oxygens (including phenoxy) is 4. The van der Waals surface area contributed by atoms with Gasteiger partial charge in [0.25, 0.3) is 0 Å². The fourth-order valence-electron chi connectivity index (χ4n) is 2.87. The van der Waals surface area contributed by atoms with Crippen LogP contribution in [0.4, 0.5) is 0 Å². The summed E-state index contributed by atoms with van der Waals surface area (Å²) in [5, 5.41) is 30.1. The molecule has 3 N–H and O–H groups in total. The van der Waals surface area contributed by atoms with Gasteiger partial charge in [0, 0.05) is 6.08 Å². The summed E-state index contributed by atoms with van der Waals surface area (Å²) in [7, 11) is 0. The van der Waals surface area contributed by atoms with Crippen molar-refractivity contribution in [3.63, 3.8) is 0 Å². The summed E-state index contributed by atoms with van der Waals surface area (Å²) < 4.78 is 20.7. The second-order valence-corrected chi connectivity index (χ2v) is 6.53. The Morgan fingerprint density at radius 2 is 1.89 bits per heavy atom. The van der Waals surface area contributed by atoms with Crippen molar-refractivity contribution in [3.8, 4) is 0 Å². The highest BCUT2D eigenvalue weighted by Crippen LogP contribution is 2.25. The zero-order valence-electron chi connectivity index (χ0n) is 14.9. The van der Waals surface area contributed by atoms with Crippen LogP contribution in [-0.2, 0) is 28.5 Å². The van der Waals surface area contributed by atoms with Crippen molar-refractivity contribution >= 4 is 18.0 Å². The zero-order valence-corrected chi connectivity index (χ0v) is 14.9. The summed E-state index contributed by atoms with van der Waals surface area (Å²) >= 11 is 0. The molecule has 2 heterocycles. The van der Waals surface area contributed by atoms with Crippen LogP contribution in [0.3, 0.4) is 0 Å². The van der Waals surface area contributed by atoms with Gasteiger partial charge in [-0.05, 0) is 11.6 Å². The summed E-state index contributed by atoms with van der Waals surface area (Å²) in [6, 6.07) is 9.13. The lowest BCUT2D eigenvalue weighted by Gasteiger charge is -2.40. The maximum absolute atomic E-state index is 11.9. The van der Waals surface area contributed by atoms with E-state index in [9.17, 15) is 24.9 Å². The maximum atomic E-state index is 11.9. The molecule has 6 atom stereocenters. The first-order chi connectivity index (χ1) is 13.4. The van der Waals surface area contributed by atoms with Gasteiger partial charge in [-0.2, -0.15) is 0 Å². The third kappa shape index (κ3) is 5.15. The minimum absolute atomic E-state index is 0.00480. The second kappa shape index (κ2) is 9.26. The summed E-state index contributed by atoms with van der Waals surface area (Å²) in [5.41, 5.74) is 0.814. The van der Waals surface area contributed by atoms with E-state index >= 15 is 0 Å². The van der Waals surface area contributed by atoms with Crippen LogP contribution in [-0.4, -0.2) is 77.3 Å². The van der Waals surface area contributed by atoms with Crippen LogP contribution >= 0.6 is 0 Å². The number of benzene rings is 1. The SMILES string of the molecule is O=C(C=Cc1ccccc1)OC[C@H]1O[C@@H](O[C@H]2COC(=O)C2)[C@H](O)[C@@H](O)[C@@H]1O. The fourth-order valence-corrected chi connectivity index (χ4v) is 2.87. The van der Waals surface area contributed by atoms with Crippen molar-refractivity contribution in [2.75, 3.05) is 13.2 Å². The van der Waals surface area contributed by atoms with E-state index in [4.69, 9.17) is 18.9 Å². The van der Waals surface area contributed by atoms with Crippen molar-refractivity contribution < 1.29 is 43.9 Å². The quantitative estimate of drug-likeness (QED) is 0.427. The molecule has 2 aliphatic heterocycles. The van der Waals surface area contributed by atoms with Crippen LogP contribution in [0.5, 0.6) is 0 Å². The van der Waals surface area contributed by atoms with Crippen molar-refractivity contribution in [3.05, 3.63) is 42.0 Å². The number of aliphatic hydroxyl groups excluding tert-OH is 3. The number of esters is 2. The number of hydrogen-bond acceptors (Lipinski definition) is 9. The largest absolute Gasteiger partial charge is 0.463 e. The molecule has 0 aromatic heterocycles. The van der Waals surface area contributed by atoms with Gasteiger partial charge in [-0.15, -0.1) is 0 Å². The van der Waals surface area contributed by atoms with Gasteiger partial charge >= 0.3 is 11.9 Å². The summed E-state index contributed by atoms with van der Waals surface area (Å²) in [4.78, 5) is 23.0. The Bertz CT molecular complexity index is 705. The molecule has 2 fully saturated rings. The van der Waals surface area contributed by atoms with Gasteiger partial charge in [-0.3, -0.25) is 4.79 Å². The Balaban J connectivity index is 1.53. The van der Waals surface area contributed by atoms with Crippen LogP contribution in [0, 0.1) is 0 Å². The van der Waals surface area contributed by atoms with Gasteiger partial charge in [0.2, 0.25) is 0 Å². The zero-order chi connectivity index (χ0) is 20.1. The number of carbonyl (C=O) groups excluding carboxylic acids is 2. The minimum atomic E-state index is -1.57. The summed E-state index contributed by atoms with van der Waals surface area (Å²) in [6.45, 7) is -0.350. The van der Waals surface area contributed by atoms with Gasteiger partial charge in [0.1, 0.15) is 43.7 Å². The molecule has 0 radical (unpaired) electrons. The van der Waals surface area contributed by atoms with Gasteiger partial charge in [0.15, 0.2) is 6.29 Å². The Morgan fingerprint density at radius 1 is 1.14 bits per heavy atom. The number of cyclic esters (lactones) is 1. The normalized spacial score (nSPS) is 33.0. The number of aliphatic hydroxyl groups is 3. The molecule has 0 bridgehead atoms. The molecule has 2 saturated heterocycles. The van der Waals surface area contributed by atoms with Crippen LogP contribution < -0.4 is 0 Å². The molecule has 1 aromatic rings. The topological polar surface area (TPSA) is 132 Å². The first-order valence-corrected chi connectivity index (χ1v) is 8.84. The van der Waals surface area contributed by atoms with Crippen LogP contribution in [0.2, 0.25) is 0 Å². The lowest BCUT2D eigenvalue weighted by atomic mass is 9.99. The molecular formula is C19H22O9. The van der Waals surface area contributed by atoms with E-state index in [-0.39, 0.29) is 19.6 Å². The molecule has 9 heteroatoms. The van der Waals surface area contributed by atoms with Crippen molar-refractivity contribution in [2.24, 2.45) is 0 Å². The molecule has 28 heavy (non-hydrogen) atoms. The molecule has 0 saturated carbocycles. The third-order valence-corrected chi connectivity index (χ3v) is 4.42. The smallest absolute Gasteiger partial charge is 0.330 e. The minimum Gasteiger partial charge on any atom is -0.463 e. The average molecular weight is 394 g/mol. The van der Waals surface area contributed by atoms with Crippen LogP contribution in [0.25, 0.3) is 6.08 Å². The van der Waals surface area contributed by atoms with E-state index in [1.165, 1.54) is 6.08 Å². The second-order valence-electron chi connectivity index (χ2n) is 6.53. The average Bonchev–Trinajstić information content (AvgIpc) is 3.11. The van der Waals surface area contributed by atoms with Gasteiger partial charge < -0.3 is 34.3 Å². The molecule has 0 aliphatic carbocycles. The van der Waals surface area contributed by atoms with Gasteiger partial charge in [-0.1, -0.05) is 30.3 Å². The molecule has 0 amide bonds. The van der Waals surface area contributed by atoms with Crippen molar-refractivity contribution in [1.29, 1.82) is 0 Å². The fraction of sp³-hybridized carbons (Fsp3) is 0.474. The predicted molar refractivity (Wildman–Crippen MR) is 93.6 cm³/mol. The van der Waals surface area contributed by atoms with E-state index in [2.05, 4.69) is 0 Å². The molecule has 0 unspecified atom stereocenters. The van der Waals surface area contributed by atoms with E-state index in [0.29, 0.717) is 0 Å². The molecule has 9 nitrogen and oxygen atoms in total. The van der Waals surface area contributed by atoms with Gasteiger partial charge in [0.05, 0.1) is 6.42 Å². The maximum Gasteiger partial charge on any atom is 0.330 e. The number of carbonyl (C=O) groups is 2. The first-order valence-electron chi connectivity index (χ1n) is 8.84. The van der Waals surface area contributed by atoms with Crippen LogP contribution in [0.1, 0.15) is 12.0 Å². The Morgan fingerprint density at radius 3 is 2.57 bits per heavy atom.